The van der Waals surface area contributed by atoms with Gasteiger partial charge in [-0.15, -0.1) is 0 Å². The normalized spacial score (nSPS) is 14.1. The van der Waals surface area contributed by atoms with Gasteiger partial charge in [0, 0.05) is 25.2 Å². The molecule has 0 saturated carbocycles. The average molecular weight is 422 g/mol. The van der Waals surface area contributed by atoms with Crippen LogP contribution in [0.2, 0.25) is 0 Å². The zero-order valence-corrected chi connectivity index (χ0v) is 17.3. The van der Waals surface area contributed by atoms with Crippen molar-refractivity contribution in [3.05, 3.63) is 70.3 Å². The van der Waals surface area contributed by atoms with Crippen molar-refractivity contribution in [3.63, 3.8) is 0 Å². The first-order valence-corrected chi connectivity index (χ1v) is 10.8. The number of nitrogens with zero attached hydrogens (tertiary/aromatic N) is 2. The van der Waals surface area contributed by atoms with Crippen LogP contribution in [0.15, 0.2) is 59.5 Å². The number of aliphatic hydroxyl groups excluding tert-OH is 1. The van der Waals surface area contributed by atoms with Crippen LogP contribution >= 0.6 is 0 Å². The SMILES string of the molecule is CC(C)CN(CC(O)C(N)Cc1ccccc1)S(=O)(=O)c1ccccc1[N+](=O)[O-]. The van der Waals surface area contributed by atoms with E-state index in [1.54, 1.807) is 0 Å². The van der Waals surface area contributed by atoms with E-state index in [2.05, 4.69) is 0 Å². The largest absolute Gasteiger partial charge is 0.390 e. The molecule has 0 spiro atoms. The summed E-state index contributed by atoms with van der Waals surface area (Å²) in [6.07, 6.45) is -0.755. The molecular formula is C20H27N3O5S. The second kappa shape index (κ2) is 9.93. The number of hydrogen-bond donors (Lipinski definition) is 2. The minimum atomic E-state index is -4.20. The second-order valence-corrected chi connectivity index (χ2v) is 9.27. The first-order valence-electron chi connectivity index (χ1n) is 9.34. The molecule has 0 bridgehead atoms. The number of nitro groups is 1. The lowest BCUT2D eigenvalue weighted by atomic mass is 10.0. The summed E-state index contributed by atoms with van der Waals surface area (Å²) in [5.74, 6) is -0.0508. The van der Waals surface area contributed by atoms with Crippen molar-refractivity contribution in [3.8, 4) is 0 Å². The van der Waals surface area contributed by atoms with Gasteiger partial charge in [0.1, 0.15) is 0 Å². The molecular weight excluding hydrogens is 394 g/mol. The Kier molecular flexibility index (Phi) is 7.86. The fourth-order valence-corrected chi connectivity index (χ4v) is 4.79. The molecule has 8 nitrogen and oxygen atoms in total. The van der Waals surface area contributed by atoms with E-state index in [1.165, 1.54) is 18.2 Å². The van der Waals surface area contributed by atoms with E-state index in [4.69, 9.17) is 5.73 Å². The number of aliphatic hydroxyl groups is 1. The summed E-state index contributed by atoms with van der Waals surface area (Å²) in [6.45, 7) is 3.51. The van der Waals surface area contributed by atoms with Gasteiger partial charge in [0.2, 0.25) is 10.0 Å². The van der Waals surface area contributed by atoms with Crippen molar-refractivity contribution in [2.75, 3.05) is 13.1 Å². The van der Waals surface area contributed by atoms with Gasteiger partial charge in [-0.2, -0.15) is 4.31 Å². The predicted molar refractivity (Wildman–Crippen MR) is 111 cm³/mol. The molecule has 9 heteroatoms. The van der Waals surface area contributed by atoms with E-state index in [0.717, 1.165) is 15.9 Å². The monoisotopic (exact) mass is 421 g/mol. The van der Waals surface area contributed by atoms with Gasteiger partial charge in [-0.25, -0.2) is 8.42 Å². The van der Waals surface area contributed by atoms with Gasteiger partial charge in [0.25, 0.3) is 5.69 Å². The Morgan fingerprint density at radius 2 is 1.66 bits per heavy atom. The Bertz CT molecular complexity index is 919. The first-order chi connectivity index (χ1) is 13.6. The van der Waals surface area contributed by atoms with Gasteiger partial charge in [0.05, 0.1) is 11.0 Å². The van der Waals surface area contributed by atoms with E-state index < -0.39 is 37.7 Å². The lowest BCUT2D eigenvalue weighted by Gasteiger charge is -2.28. The van der Waals surface area contributed by atoms with Crippen molar-refractivity contribution in [2.45, 2.75) is 37.3 Å². The fourth-order valence-electron chi connectivity index (χ4n) is 3.01. The zero-order valence-electron chi connectivity index (χ0n) is 16.5. The molecule has 0 saturated heterocycles. The number of sulfonamides is 1. The van der Waals surface area contributed by atoms with E-state index in [0.29, 0.717) is 6.42 Å². The summed E-state index contributed by atoms with van der Waals surface area (Å²) in [5.41, 5.74) is 6.54. The van der Waals surface area contributed by atoms with Gasteiger partial charge >= 0.3 is 0 Å². The third-order valence-corrected chi connectivity index (χ3v) is 6.33. The fraction of sp³-hybridized carbons (Fsp3) is 0.400. The van der Waals surface area contributed by atoms with Gasteiger partial charge in [0.15, 0.2) is 4.90 Å². The van der Waals surface area contributed by atoms with Crippen LogP contribution in [0, 0.1) is 16.0 Å². The van der Waals surface area contributed by atoms with E-state index in [9.17, 15) is 23.6 Å². The van der Waals surface area contributed by atoms with Crippen LogP contribution in [0.3, 0.4) is 0 Å². The number of para-hydroxylation sites is 1. The molecule has 2 rings (SSSR count). The van der Waals surface area contributed by atoms with Gasteiger partial charge in [-0.1, -0.05) is 56.3 Å². The summed E-state index contributed by atoms with van der Waals surface area (Å²) in [6, 6.07) is 13.9. The summed E-state index contributed by atoms with van der Waals surface area (Å²) >= 11 is 0. The number of nitro benzene ring substituents is 1. The third-order valence-electron chi connectivity index (χ3n) is 4.45. The molecule has 29 heavy (non-hydrogen) atoms. The van der Waals surface area contributed by atoms with Crippen molar-refractivity contribution in [2.24, 2.45) is 11.7 Å². The van der Waals surface area contributed by atoms with E-state index >= 15 is 0 Å². The Balaban J connectivity index is 2.27. The van der Waals surface area contributed by atoms with Crippen molar-refractivity contribution in [1.29, 1.82) is 0 Å². The van der Waals surface area contributed by atoms with Crippen LogP contribution in [-0.2, 0) is 16.4 Å². The standard InChI is InChI=1S/C20H27N3O5S/c1-15(2)13-22(14-19(24)17(21)12-16-8-4-3-5-9-16)29(27,28)20-11-7-6-10-18(20)23(25)26/h3-11,15,17,19,24H,12-14,21H2,1-2H3. The molecule has 2 atom stereocenters. The Morgan fingerprint density at radius 3 is 2.24 bits per heavy atom. The maximum atomic E-state index is 13.2. The quantitative estimate of drug-likeness (QED) is 0.447. The van der Waals surface area contributed by atoms with Crippen LogP contribution in [-0.4, -0.2) is 48.0 Å². The highest BCUT2D eigenvalue weighted by molar-refractivity contribution is 7.89. The molecule has 0 amide bonds. The second-order valence-electron chi connectivity index (χ2n) is 7.36. The molecule has 0 aliphatic rings. The molecule has 2 aromatic carbocycles. The van der Waals surface area contributed by atoms with Crippen molar-refractivity contribution < 1.29 is 18.4 Å². The van der Waals surface area contributed by atoms with Gasteiger partial charge < -0.3 is 10.8 Å². The van der Waals surface area contributed by atoms with Crippen LogP contribution in [0.1, 0.15) is 19.4 Å². The maximum Gasteiger partial charge on any atom is 0.289 e. The highest BCUT2D eigenvalue weighted by Crippen LogP contribution is 2.27. The molecule has 0 heterocycles. The predicted octanol–water partition coefficient (Wildman–Crippen LogP) is 2.17. The highest BCUT2D eigenvalue weighted by Gasteiger charge is 2.34. The highest BCUT2D eigenvalue weighted by atomic mass is 32.2. The van der Waals surface area contributed by atoms with Crippen LogP contribution in [0.4, 0.5) is 5.69 Å². The minimum absolute atomic E-state index is 0.0508. The molecule has 0 aliphatic heterocycles. The minimum Gasteiger partial charge on any atom is -0.390 e. The molecule has 2 unspecified atom stereocenters. The molecule has 2 aromatic rings. The smallest absolute Gasteiger partial charge is 0.289 e. The third kappa shape index (κ3) is 6.07. The van der Waals surface area contributed by atoms with Crippen molar-refractivity contribution in [1.82, 2.24) is 4.31 Å². The number of rotatable bonds is 10. The van der Waals surface area contributed by atoms with Gasteiger partial charge in [-0.05, 0) is 24.0 Å². The van der Waals surface area contributed by atoms with E-state index in [1.807, 2.05) is 44.2 Å². The lowest BCUT2D eigenvalue weighted by Crippen LogP contribution is -2.47. The zero-order chi connectivity index (χ0) is 21.6. The summed E-state index contributed by atoms with van der Waals surface area (Å²) in [4.78, 5) is 10.2. The molecule has 0 aliphatic carbocycles. The number of benzene rings is 2. The van der Waals surface area contributed by atoms with E-state index in [-0.39, 0.29) is 19.0 Å². The molecule has 0 radical (unpaired) electrons. The Hall–Kier alpha value is -2.33. The Morgan fingerprint density at radius 1 is 1.07 bits per heavy atom. The summed E-state index contributed by atoms with van der Waals surface area (Å²) in [5, 5.41) is 21.9. The molecule has 0 aromatic heterocycles. The maximum absolute atomic E-state index is 13.2. The first kappa shape index (κ1) is 23.0. The molecule has 158 valence electrons. The number of nitrogens with two attached hydrogens (primary N) is 1. The van der Waals surface area contributed by atoms with Crippen LogP contribution < -0.4 is 5.73 Å². The summed E-state index contributed by atoms with van der Waals surface area (Å²) < 4.78 is 27.4. The average Bonchev–Trinajstić information content (AvgIpc) is 2.67. The van der Waals surface area contributed by atoms with Crippen LogP contribution in [0.25, 0.3) is 0 Å². The topological polar surface area (TPSA) is 127 Å². The molecule has 3 N–H and O–H groups in total. The lowest BCUT2D eigenvalue weighted by molar-refractivity contribution is -0.387. The molecule has 0 fully saturated rings. The Labute approximate surface area is 171 Å². The number of hydrogen-bond acceptors (Lipinski definition) is 6. The summed E-state index contributed by atoms with van der Waals surface area (Å²) in [7, 11) is -4.20. The van der Waals surface area contributed by atoms with Crippen molar-refractivity contribution >= 4 is 15.7 Å². The van der Waals surface area contributed by atoms with Gasteiger partial charge in [-0.3, -0.25) is 10.1 Å². The van der Waals surface area contributed by atoms with Crippen LogP contribution in [0.5, 0.6) is 0 Å².